The number of fused-ring (bicyclic) bond motifs is 2. The lowest BCUT2D eigenvalue weighted by atomic mass is 9.58. The molecule has 3 unspecified atom stereocenters. The Balaban J connectivity index is 0.00000161. The number of nitrogens with one attached hydrogen (secondary N) is 1. The average molecular weight is 436 g/mol. The van der Waals surface area contributed by atoms with E-state index in [-0.39, 0.29) is 12.4 Å². The molecule has 21 heavy (non-hydrogen) atoms. The summed E-state index contributed by atoms with van der Waals surface area (Å²) in [6.45, 7) is 11.1. The lowest BCUT2D eigenvalue weighted by Gasteiger charge is -2.55. The molecule has 2 bridgehead atoms. The Labute approximate surface area is 150 Å². The number of hydrogen-bond donors (Lipinski definition) is 1. The molecule has 0 amide bonds. The third-order valence-corrected chi connectivity index (χ3v) is 6.18. The normalized spacial score (nSPS) is 28.7. The van der Waals surface area contributed by atoms with Crippen LogP contribution in [-0.2, 0) is 0 Å². The van der Waals surface area contributed by atoms with Gasteiger partial charge in [-0.05, 0) is 48.4 Å². The van der Waals surface area contributed by atoms with E-state index in [4.69, 9.17) is 0 Å². The highest BCUT2D eigenvalue weighted by Crippen LogP contribution is 2.58. The highest BCUT2D eigenvalue weighted by molar-refractivity contribution is 9.11. The maximum absolute atomic E-state index is 4.12. The number of rotatable bonds is 2. The van der Waals surface area contributed by atoms with Gasteiger partial charge >= 0.3 is 0 Å². The van der Waals surface area contributed by atoms with Gasteiger partial charge in [-0.25, -0.2) is 0 Å². The van der Waals surface area contributed by atoms with E-state index in [0.717, 1.165) is 6.42 Å². The third-order valence-electron chi connectivity index (χ3n) is 4.80. The lowest BCUT2D eigenvalue weighted by molar-refractivity contribution is 0.102. The molecule has 1 N–H and O–H groups in total. The van der Waals surface area contributed by atoms with Gasteiger partial charge in [0, 0.05) is 26.9 Å². The molecule has 2 heterocycles. The van der Waals surface area contributed by atoms with Crippen molar-refractivity contribution in [3.05, 3.63) is 44.4 Å². The van der Waals surface area contributed by atoms with Crippen molar-refractivity contribution in [3.8, 4) is 0 Å². The minimum absolute atomic E-state index is 0. The van der Waals surface area contributed by atoms with Crippen molar-refractivity contribution in [2.45, 2.75) is 51.6 Å². The molecule has 3 aliphatic rings. The molecule has 1 saturated heterocycles. The van der Waals surface area contributed by atoms with Crippen LogP contribution >= 0.6 is 44.3 Å². The number of halogens is 3. The van der Waals surface area contributed by atoms with Crippen LogP contribution in [0.5, 0.6) is 0 Å². The molecule has 0 saturated carbocycles. The standard InChI is InChI=1S/C17H21Br2N.ClH/c1-9(2)7-12-16-15-11(19)6-5-10(18)14(15)13(20-12)8-17(16,3)4;/h5-6,12-13,16,20H,1,7-8H2,2-4H3;1H. The summed E-state index contributed by atoms with van der Waals surface area (Å²) in [5.41, 5.74) is 4.55. The highest BCUT2D eigenvalue weighted by atomic mass is 79.9. The molecule has 1 nitrogen and oxygen atoms in total. The van der Waals surface area contributed by atoms with Gasteiger partial charge in [-0.15, -0.1) is 19.0 Å². The fraction of sp³-hybridized carbons (Fsp3) is 0.529. The van der Waals surface area contributed by atoms with Crippen molar-refractivity contribution in [3.63, 3.8) is 0 Å². The number of piperidine rings is 1. The van der Waals surface area contributed by atoms with Gasteiger partial charge in [0.15, 0.2) is 0 Å². The van der Waals surface area contributed by atoms with Gasteiger partial charge in [0.1, 0.15) is 0 Å². The molecule has 0 spiro atoms. The maximum atomic E-state index is 4.12. The summed E-state index contributed by atoms with van der Waals surface area (Å²) in [5.74, 6) is 0.533. The van der Waals surface area contributed by atoms with E-state index >= 15 is 0 Å². The Morgan fingerprint density at radius 3 is 2.43 bits per heavy atom. The Kier molecular flexibility index (Phi) is 5.00. The van der Waals surface area contributed by atoms with Gasteiger partial charge in [-0.2, -0.15) is 0 Å². The van der Waals surface area contributed by atoms with Crippen LogP contribution in [-0.4, -0.2) is 6.04 Å². The first-order valence-electron chi connectivity index (χ1n) is 7.19. The maximum Gasteiger partial charge on any atom is 0.0342 e. The van der Waals surface area contributed by atoms with E-state index in [1.165, 1.54) is 32.1 Å². The molecular weight excluding hydrogens is 413 g/mol. The summed E-state index contributed by atoms with van der Waals surface area (Å²) in [5, 5.41) is 3.85. The summed E-state index contributed by atoms with van der Waals surface area (Å²) in [7, 11) is 0. The smallest absolute Gasteiger partial charge is 0.0342 e. The summed E-state index contributed by atoms with van der Waals surface area (Å²) in [6, 6.07) is 5.28. The third kappa shape index (κ3) is 2.87. The molecule has 2 aliphatic heterocycles. The van der Waals surface area contributed by atoms with Gasteiger partial charge in [-0.3, -0.25) is 0 Å². The van der Waals surface area contributed by atoms with Gasteiger partial charge in [0.25, 0.3) is 0 Å². The summed E-state index contributed by atoms with van der Waals surface area (Å²) in [4.78, 5) is 0. The lowest BCUT2D eigenvalue weighted by Crippen LogP contribution is -2.54. The fourth-order valence-corrected chi connectivity index (χ4v) is 5.41. The number of benzene rings is 1. The molecular formula is C17H22Br2ClN. The van der Waals surface area contributed by atoms with E-state index in [9.17, 15) is 0 Å². The second kappa shape index (κ2) is 5.99. The summed E-state index contributed by atoms with van der Waals surface area (Å²) in [6.07, 6.45) is 2.26. The first-order valence-corrected chi connectivity index (χ1v) is 8.78. The Morgan fingerprint density at radius 2 is 1.86 bits per heavy atom. The predicted molar refractivity (Wildman–Crippen MR) is 99.3 cm³/mol. The van der Waals surface area contributed by atoms with Crippen molar-refractivity contribution >= 4 is 44.3 Å². The molecule has 0 aromatic heterocycles. The van der Waals surface area contributed by atoms with Crippen LogP contribution in [0.4, 0.5) is 0 Å². The van der Waals surface area contributed by atoms with E-state index in [1.54, 1.807) is 0 Å². The molecule has 116 valence electrons. The van der Waals surface area contributed by atoms with Crippen molar-refractivity contribution in [1.82, 2.24) is 5.32 Å². The summed E-state index contributed by atoms with van der Waals surface area (Å²) >= 11 is 7.54. The second-order valence-corrected chi connectivity index (χ2v) is 8.72. The first kappa shape index (κ1) is 17.5. The molecule has 1 aliphatic carbocycles. The van der Waals surface area contributed by atoms with E-state index in [2.05, 4.69) is 76.7 Å². The molecule has 4 rings (SSSR count). The zero-order valence-electron chi connectivity index (χ0n) is 12.7. The largest absolute Gasteiger partial charge is 0.306 e. The Morgan fingerprint density at radius 1 is 1.29 bits per heavy atom. The Bertz CT molecular complexity index is 582. The summed E-state index contributed by atoms with van der Waals surface area (Å²) < 4.78 is 2.49. The topological polar surface area (TPSA) is 12.0 Å². The predicted octanol–water partition coefficient (Wildman–Crippen LogP) is 6.13. The van der Waals surface area contributed by atoms with Crippen LogP contribution in [0.3, 0.4) is 0 Å². The highest BCUT2D eigenvalue weighted by Gasteiger charge is 2.50. The molecule has 1 fully saturated rings. The molecule has 4 heteroatoms. The minimum atomic E-state index is 0. The van der Waals surface area contributed by atoms with Crippen LogP contribution in [0.1, 0.15) is 56.7 Å². The molecule has 0 radical (unpaired) electrons. The number of hydrogen-bond acceptors (Lipinski definition) is 1. The van der Waals surface area contributed by atoms with Gasteiger partial charge in [-0.1, -0.05) is 51.3 Å². The minimum Gasteiger partial charge on any atom is -0.306 e. The van der Waals surface area contributed by atoms with Gasteiger partial charge in [0.2, 0.25) is 0 Å². The zero-order valence-corrected chi connectivity index (χ0v) is 16.7. The van der Waals surface area contributed by atoms with Crippen LogP contribution in [0.2, 0.25) is 0 Å². The zero-order chi connectivity index (χ0) is 14.7. The quantitative estimate of drug-likeness (QED) is 0.551. The van der Waals surface area contributed by atoms with Crippen molar-refractivity contribution in [1.29, 1.82) is 0 Å². The molecule has 1 aromatic rings. The van der Waals surface area contributed by atoms with Crippen molar-refractivity contribution < 1.29 is 0 Å². The van der Waals surface area contributed by atoms with Crippen LogP contribution in [0.15, 0.2) is 33.2 Å². The van der Waals surface area contributed by atoms with Crippen LogP contribution in [0.25, 0.3) is 0 Å². The molecule has 3 atom stereocenters. The van der Waals surface area contributed by atoms with E-state index in [0.29, 0.717) is 23.4 Å². The second-order valence-electron chi connectivity index (χ2n) is 7.01. The fourth-order valence-electron chi connectivity index (χ4n) is 4.19. The van der Waals surface area contributed by atoms with E-state index < -0.39 is 0 Å². The SMILES string of the molecule is C=C(C)CC1NC2CC(C)(C)C1c1c(Br)ccc(Br)c12.Cl. The first-order chi connectivity index (χ1) is 9.31. The van der Waals surface area contributed by atoms with Gasteiger partial charge in [0.05, 0.1) is 0 Å². The molecule has 1 aromatic carbocycles. The average Bonchev–Trinajstić information content (AvgIpc) is 2.31. The van der Waals surface area contributed by atoms with Gasteiger partial charge < -0.3 is 5.32 Å². The Hall–Kier alpha value is 0.170. The van der Waals surface area contributed by atoms with E-state index in [1.807, 2.05) is 0 Å². The van der Waals surface area contributed by atoms with Crippen LogP contribution < -0.4 is 5.32 Å². The van der Waals surface area contributed by atoms with Crippen molar-refractivity contribution in [2.24, 2.45) is 5.41 Å². The van der Waals surface area contributed by atoms with Crippen molar-refractivity contribution in [2.75, 3.05) is 0 Å². The van der Waals surface area contributed by atoms with Crippen LogP contribution in [0, 0.1) is 5.41 Å². The monoisotopic (exact) mass is 433 g/mol.